The van der Waals surface area contributed by atoms with Crippen molar-refractivity contribution in [3.8, 4) is 0 Å². The summed E-state index contributed by atoms with van der Waals surface area (Å²) in [6, 6.07) is 9.85. The number of rotatable bonds is 4. The van der Waals surface area contributed by atoms with Gasteiger partial charge in [0.2, 0.25) is 0 Å². The fourth-order valence-corrected chi connectivity index (χ4v) is 1.75. The van der Waals surface area contributed by atoms with Gasteiger partial charge in [0.15, 0.2) is 11.6 Å². The number of carboxylic acids is 1. The minimum atomic E-state index is -1.49. The predicted octanol–water partition coefficient (Wildman–Crippen LogP) is 3.58. The molecule has 3 nitrogen and oxygen atoms in total. The van der Waals surface area contributed by atoms with Crippen LogP contribution in [0.1, 0.15) is 21.5 Å². The highest BCUT2D eigenvalue weighted by Gasteiger charge is 2.17. The average Bonchev–Trinajstić information content (AvgIpc) is 2.42. The van der Waals surface area contributed by atoms with E-state index in [1.165, 1.54) is 6.07 Å². The van der Waals surface area contributed by atoms with Crippen LogP contribution >= 0.6 is 0 Å². The van der Waals surface area contributed by atoms with Gasteiger partial charge in [0.05, 0.1) is 11.3 Å². The van der Waals surface area contributed by atoms with E-state index in [-0.39, 0.29) is 5.69 Å². The zero-order valence-corrected chi connectivity index (χ0v) is 10.8. The molecule has 0 aliphatic rings. The summed E-state index contributed by atoms with van der Waals surface area (Å²) in [5.41, 5.74) is 1.28. The Labute approximate surface area is 114 Å². The lowest BCUT2D eigenvalue weighted by Gasteiger charge is -2.09. The lowest BCUT2D eigenvalue weighted by atomic mass is 10.1. The second kappa shape index (κ2) is 5.69. The molecule has 0 fully saturated rings. The highest BCUT2D eigenvalue weighted by atomic mass is 19.2. The van der Waals surface area contributed by atoms with Gasteiger partial charge in [-0.1, -0.05) is 29.8 Å². The third kappa shape index (κ3) is 2.93. The molecule has 0 spiro atoms. The average molecular weight is 277 g/mol. The summed E-state index contributed by atoms with van der Waals surface area (Å²) in [5, 5.41) is 11.4. The normalized spacial score (nSPS) is 10.3. The van der Waals surface area contributed by atoms with Crippen LogP contribution in [0.25, 0.3) is 0 Å². The Morgan fingerprint density at radius 3 is 2.35 bits per heavy atom. The molecular formula is C15H13F2NO2. The fraction of sp³-hybridized carbons (Fsp3) is 0.133. The van der Waals surface area contributed by atoms with E-state index in [4.69, 9.17) is 5.11 Å². The highest BCUT2D eigenvalue weighted by molar-refractivity contribution is 5.88. The van der Waals surface area contributed by atoms with Crippen molar-refractivity contribution in [2.75, 3.05) is 5.32 Å². The quantitative estimate of drug-likeness (QED) is 0.898. The lowest BCUT2D eigenvalue weighted by Crippen LogP contribution is -2.07. The number of anilines is 1. The molecule has 2 aromatic carbocycles. The zero-order valence-electron chi connectivity index (χ0n) is 10.8. The number of carboxylic acid groups (broad SMARTS) is 1. The third-order valence-corrected chi connectivity index (χ3v) is 2.92. The molecule has 5 heteroatoms. The summed E-state index contributed by atoms with van der Waals surface area (Å²) in [6.07, 6.45) is 0. The molecule has 0 unspecified atom stereocenters. The zero-order chi connectivity index (χ0) is 14.7. The van der Waals surface area contributed by atoms with Crippen LogP contribution in [0.4, 0.5) is 14.5 Å². The van der Waals surface area contributed by atoms with Crippen LogP contribution in [-0.2, 0) is 6.54 Å². The Kier molecular flexibility index (Phi) is 3.98. The Hall–Kier alpha value is -2.43. The van der Waals surface area contributed by atoms with Gasteiger partial charge in [-0.05, 0) is 24.6 Å². The van der Waals surface area contributed by atoms with Crippen LogP contribution < -0.4 is 5.32 Å². The maximum absolute atomic E-state index is 13.7. The molecule has 0 amide bonds. The minimum Gasteiger partial charge on any atom is -0.478 e. The summed E-state index contributed by atoms with van der Waals surface area (Å²) in [4.78, 5) is 10.7. The van der Waals surface area contributed by atoms with Crippen molar-refractivity contribution in [3.05, 3.63) is 64.7 Å². The van der Waals surface area contributed by atoms with Crippen molar-refractivity contribution < 1.29 is 18.7 Å². The van der Waals surface area contributed by atoms with Gasteiger partial charge in [0.1, 0.15) is 0 Å². The molecule has 2 aromatic rings. The minimum absolute atomic E-state index is 0.0620. The van der Waals surface area contributed by atoms with Crippen molar-refractivity contribution in [1.82, 2.24) is 0 Å². The van der Waals surface area contributed by atoms with Crippen molar-refractivity contribution in [2.24, 2.45) is 0 Å². The van der Waals surface area contributed by atoms with E-state index in [0.717, 1.165) is 17.2 Å². The van der Waals surface area contributed by atoms with E-state index in [2.05, 4.69) is 5.32 Å². The van der Waals surface area contributed by atoms with E-state index in [9.17, 15) is 13.6 Å². The molecule has 0 aliphatic carbocycles. The fourth-order valence-electron chi connectivity index (χ4n) is 1.75. The molecule has 0 saturated heterocycles. The predicted molar refractivity (Wildman–Crippen MR) is 71.8 cm³/mol. The molecule has 0 bridgehead atoms. The first-order chi connectivity index (χ1) is 9.49. The number of hydrogen-bond donors (Lipinski definition) is 2. The Bertz CT molecular complexity index is 639. The van der Waals surface area contributed by atoms with E-state index in [0.29, 0.717) is 6.54 Å². The van der Waals surface area contributed by atoms with E-state index in [1.54, 1.807) is 0 Å². The van der Waals surface area contributed by atoms with E-state index in [1.807, 2.05) is 31.2 Å². The second-order valence-electron chi connectivity index (χ2n) is 4.43. The Morgan fingerprint density at radius 2 is 1.75 bits per heavy atom. The van der Waals surface area contributed by atoms with Gasteiger partial charge in [0.25, 0.3) is 0 Å². The van der Waals surface area contributed by atoms with Gasteiger partial charge >= 0.3 is 5.97 Å². The standard InChI is InChI=1S/C15H13F2NO2/c1-9-2-4-10(5-3-9)8-18-12-7-6-11(15(19)20)13(16)14(12)17/h2-7,18H,8H2,1H3,(H,19,20). The van der Waals surface area contributed by atoms with Crippen LogP contribution in [0.3, 0.4) is 0 Å². The van der Waals surface area contributed by atoms with Crippen molar-refractivity contribution in [2.45, 2.75) is 13.5 Å². The van der Waals surface area contributed by atoms with Gasteiger partial charge in [-0.25, -0.2) is 13.6 Å². The molecule has 20 heavy (non-hydrogen) atoms. The molecule has 2 rings (SSSR count). The molecule has 2 N–H and O–H groups in total. The van der Waals surface area contributed by atoms with Gasteiger partial charge in [-0.15, -0.1) is 0 Å². The number of aromatic carboxylic acids is 1. The maximum Gasteiger partial charge on any atom is 0.338 e. The Balaban J connectivity index is 2.16. The Morgan fingerprint density at radius 1 is 1.10 bits per heavy atom. The molecule has 104 valence electrons. The number of aryl methyl sites for hydroxylation is 1. The summed E-state index contributed by atoms with van der Waals surface area (Å²) in [6.45, 7) is 2.28. The van der Waals surface area contributed by atoms with Crippen LogP contribution in [0.15, 0.2) is 36.4 Å². The summed E-state index contributed by atoms with van der Waals surface area (Å²) in [5.74, 6) is -4.03. The maximum atomic E-state index is 13.7. The van der Waals surface area contributed by atoms with Crippen LogP contribution in [-0.4, -0.2) is 11.1 Å². The molecule has 0 heterocycles. The van der Waals surface area contributed by atoms with E-state index >= 15 is 0 Å². The molecule has 0 saturated carbocycles. The molecule has 0 radical (unpaired) electrons. The lowest BCUT2D eigenvalue weighted by molar-refractivity contribution is 0.0690. The van der Waals surface area contributed by atoms with Gasteiger partial charge in [-0.3, -0.25) is 0 Å². The smallest absolute Gasteiger partial charge is 0.338 e. The number of benzene rings is 2. The van der Waals surface area contributed by atoms with Crippen LogP contribution in [0, 0.1) is 18.6 Å². The summed E-state index contributed by atoms with van der Waals surface area (Å²) < 4.78 is 27.2. The number of carbonyl (C=O) groups is 1. The van der Waals surface area contributed by atoms with Gasteiger partial charge in [-0.2, -0.15) is 0 Å². The largest absolute Gasteiger partial charge is 0.478 e. The molecule has 0 aliphatic heterocycles. The van der Waals surface area contributed by atoms with Crippen LogP contribution in [0.5, 0.6) is 0 Å². The third-order valence-electron chi connectivity index (χ3n) is 2.92. The summed E-state index contributed by atoms with van der Waals surface area (Å²) >= 11 is 0. The molecule has 0 aromatic heterocycles. The number of nitrogens with one attached hydrogen (secondary N) is 1. The first-order valence-corrected chi connectivity index (χ1v) is 5.99. The first-order valence-electron chi connectivity index (χ1n) is 5.99. The van der Waals surface area contributed by atoms with Crippen LogP contribution in [0.2, 0.25) is 0 Å². The molecular weight excluding hydrogens is 264 g/mol. The monoisotopic (exact) mass is 277 g/mol. The van der Waals surface area contributed by atoms with Crippen molar-refractivity contribution in [1.29, 1.82) is 0 Å². The highest BCUT2D eigenvalue weighted by Crippen LogP contribution is 2.21. The summed E-state index contributed by atoms with van der Waals surface area (Å²) in [7, 11) is 0. The van der Waals surface area contributed by atoms with Crippen molar-refractivity contribution in [3.63, 3.8) is 0 Å². The van der Waals surface area contributed by atoms with Gasteiger partial charge < -0.3 is 10.4 Å². The second-order valence-corrected chi connectivity index (χ2v) is 4.43. The van der Waals surface area contributed by atoms with Gasteiger partial charge in [0, 0.05) is 6.54 Å². The SMILES string of the molecule is Cc1ccc(CNc2ccc(C(=O)O)c(F)c2F)cc1. The van der Waals surface area contributed by atoms with E-state index < -0.39 is 23.2 Å². The number of halogens is 2. The topological polar surface area (TPSA) is 49.3 Å². The number of hydrogen-bond acceptors (Lipinski definition) is 2. The first kappa shape index (κ1) is 14.0. The van der Waals surface area contributed by atoms with Crippen molar-refractivity contribution >= 4 is 11.7 Å². The molecule has 0 atom stereocenters.